The fourth-order valence-electron chi connectivity index (χ4n) is 3.55. The molecule has 0 unspecified atom stereocenters. The van der Waals surface area contributed by atoms with Gasteiger partial charge in [-0.1, -0.05) is 90.9 Å². The van der Waals surface area contributed by atoms with Crippen LogP contribution in [-0.4, -0.2) is 41.9 Å². The molecule has 0 saturated heterocycles. The number of esters is 1. The summed E-state index contributed by atoms with van der Waals surface area (Å²) in [7, 11) is 0. The number of ether oxygens (including phenoxy) is 1. The topological polar surface area (TPSA) is 75.6 Å². The second kappa shape index (κ2) is 19.8. The lowest BCUT2D eigenvalue weighted by Crippen LogP contribution is -2.52. The molecule has 0 saturated carbocycles. The minimum atomic E-state index is -1.59. The molecule has 6 heteroatoms. The van der Waals surface area contributed by atoms with Gasteiger partial charge in [-0.05, 0) is 19.8 Å². The Morgan fingerprint density at radius 2 is 1.33 bits per heavy atom. The molecular formula is C24H46FNO4. The zero-order valence-electron chi connectivity index (χ0n) is 19.6. The number of hydrogen-bond acceptors (Lipinski definition) is 4. The Kier molecular flexibility index (Phi) is 19.0. The molecule has 0 radical (unpaired) electrons. The maximum atomic E-state index is 14.5. The van der Waals surface area contributed by atoms with Gasteiger partial charge in [0, 0.05) is 6.42 Å². The molecule has 5 nitrogen and oxygen atoms in total. The van der Waals surface area contributed by atoms with E-state index in [9.17, 15) is 19.1 Å². The van der Waals surface area contributed by atoms with Gasteiger partial charge >= 0.3 is 5.97 Å². The van der Waals surface area contributed by atoms with Gasteiger partial charge in [0.2, 0.25) is 5.91 Å². The smallest absolute Gasteiger partial charge is 0.331 e. The van der Waals surface area contributed by atoms with Gasteiger partial charge in [0.15, 0.2) is 6.04 Å². The Hall–Kier alpha value is -1.17. The average Bonchev–Trinajstić information content (AvgIpc) is 2.72. The summed E-state index contributed by atoms with van der Waals surface area (Å²) in [6.07, 6.45) is 12.1. The van der Waals surface area contributed by atoms with Crippen molar-refractivity contribution in [3.63, 3.8) is 0 Å². The lowest BCUT2D eigenvalue weighted by molar-refractivity contribution is -0.152. The van der Waals surface area contributed by atoms with Crippen LogP contribution in [0.2, 0.25) is 0 Å². The maximum absolute atomic E-state index is 14.5. The van der Waals surface area contributed by atoms with E-state index in [1.807, 2.05) is 6.92 Å². The molecule has 0 spiro atoms. The lowest BCUT2D eigenvalue weighted by atomic mass is 9.99. The van der Waals surface area contributed by atoms with Gasteiger partial charge in [-0.2, -0.15) is 0 Å². The number of aliphatic hydroxyl groups excluding tert-OH is 1. The number of halogens is 1. The van der Waals surface area contributed by atoms with Crippen molar-refractivity contribution in [1.82, 2.24) is 5.32 Å². The van der Waals surface area contributed by atoms with Crippen LogP contribution in [0.1, 0.15) is 117 Å². The van der Waals surface area contributed by atoms with E-state index >= 15 is 0 Å². The Morgan fingerprint density at radius 3 is 1.80 bits per heavy atom. The Morgan fingerprint density at radius 1 is 0.833 bits per heavy atom. The first-order valence-electron chi connectivity index (χ1n) is 12.3. The second-order valence-corrected chi connectivity index (χ2v) is 8.23. The van der Waals surface area contributed by atoms with Gasteiger partial charge in [0.05, 0.1) is 6.61 Å². The van der Waals surface area contributed by atoms with E-state index in [0.717, 1.165) is 19.3 Å². The van der Waals surface area contributed by atoms with Crippen molar-refractivity contribution in [3.8, 4) is 0 Å². The molecule has 30 heavy (non-hydrogen) atoms. The van der Waals surface area contributed by atoms with E-state index < -0.39 is 24.3 Å². The summed E-state index contributed by atoms with van der Waals surface area (Å²) in [5.41, 5.74) is 0. The third-order valence-electron chi connectivity index (χ3n) is 5.38. The van der Waals surface area contributed by atoms with Crippen molar-refractivity contribution in [1.29, 1.82) is 0 Å². The van der Waals surface area contributed by atoms with Gasteiger partial charge < -0.3 is 15.2 Å². The minimum Gasteiger partial charge on any atom is -0.464 e. The van der Waals surface area contributed by atoms with Crippen LogP contribution in [0.3, 0.4) is 0 Å². The summed E-state index contributed by atoms with van der Waals surface area (Å²) < 4.78 is 19.4. The molecule has 0 heterocycles. The van der Waals surface area contributed by atoms with Crippen LogP contribution in [0.4, 0.5) is 4.39 Å². The number of nitrogens with one attached hydrogen (secondary N) is 1. The van der Waals surface area contributed by atoms with E-state index in [1.54, 1.807) is 6.92 Å². The highest BCUT2D eigenvalue weighted by Crippen LogP contribution is 2.17. The van der Waals surface area contributed by atoms with Crippen LogP contribution in [0, 0.1) is 0 Å². The normalized spacial score (nSPS) is 14.2. The fraction of sp³-hybridized carbons (Fsp3) is 0.917. The molecule has 0 fully saturated rings. The highest BCUT2D eigenvalue weighted by Gasteiger charge is 2.35. The van der Waals surface area contributed by atoms with Crippen molar-refractivity contribution < 1.29 is 23.8 Å². The summed E-state index contributed by atoms with van der Waals surface area (Å²) in [5, 5.41) is 12.7. The Balaban J connectivity index is 4.03. The number of carbonyl (C=O) groups is 2. The van der Waals surface area contributed by atoms with Crippen LogP contribution in [-0.2, 0) is 14.3 Å². The van der Waals surface area contributed by atoms with Crippen molar-refractivity contribution in [2.45, 2.75) is 135 Å². The van der Waals surface area contributed by atoms with Gasteiger partial charge in [0.25, 0.3) is 0 Å². The summed E-state index contributed by atoms with van der Waals surface area (Å²) in [6.45, 7) is 5.81. The molecule has 178 valence electrons. The molecule has 0 aliphatic rings. The summed E-state index contributed by atoms with van der Waals surface area (Å²) in [5.74, 6) is -1.17. The summed E-state index contributed by atoms with van der Waals surface area (Å²) >= 11 is 0. The number of aliphatic hydroxyl groups is 1. The van der Waals surface area contributed by atoms with Crippen LogP contribution in [0.5, 0.6) is 0 Å². The number of rotatable bonds is 20. The molecule has 0 aromatic carbocycles. The fourth-order valence-corrected chi connectivity index (χ4v) is 3.55. The monoisotopic (exact) mass is 431 g/mol. The van der Waals surface area contributed by atoms with Crippen LogP contribution >= 0.6 is 0 Å². The predicted octanol–water partition coefficient (Wildman–Crippen LogP) is 5.62. The molecule has 0 aliphatic carbocycles. The third kappa shape index (κ3) is 14.8. The third-order valence-corrected chi connectivity index (χ3v) is 5.38. The van der Waals surface area contributed by atoms with Gasteiger partial charge in [-0.3, -0.25) is 4.79 Å². The first-order valence-corrected chi connectivity index (χ1v) is 12.3. The van der Waals surface area contributed by atoms with E-state index in [1.165, 1.54) is 51.4 Å². The summed E-state index contributed by atoms with van der Waals surface area (Å²) in [4.78, 5) is 23.9. The first-order chi connectivity index (χ1) is 14.5. The van der Waals surface area contributed by atoms with E-state index in [4.69, 9.17) is 4.74 Å². The molecule has 0 aromatic rings. The SMILES string of the molecule is CCCCCCCCCCCCCC[C@@H](F)[C@H](O)[C@H](NC(=O)CCC)C(=O)OCC. The highest BCUT2D eigenvalue weighted by molar-refractivity contribution is 5.85. The molecule has 0 rings (SSSR count). The first kappa shape index (κ1) is 28.8. The second-order valence-electron chi connectivity index (χ2n) is 8.23. The van der Waals surface area contributed by atoms with Crippen LogP contribution < -0.4 is 5.32 Å². The van der Waals surface area contributed by atoms with E-state index in [2.05, 4.69) is 12.2 Å². The zero-order valence-corrected chi connectivity index (χ0v) is 19.6. The van der Waals surface area contributed by atoms with Gasteiger partial charge in [-0.25, -0.2) is 9.18 Å². The number of unbranched alkanes of at least 4 members (excludes halogenated alkanes) is 11. The number of hydrogen-bond donors (Lipinski definition) is 2. The Labute approximate surface area is 183 Å². The van der Waals surface area contributed by atoms with E-state index in [-0.39, 0.29) is 25.4 Å². The van der Waals surface area contributed by atoms with Gasteiger partial charge in [0.1, 0.15) is 12.3 Å². The molecule has 0 aliphatic heterocycles. The quantitative estimate of drug-likeness (QED) is 0.194. The molecule has 0 aromatic heterocycles. The molecule has 2 N–H and O–H groups in total. The number of amides is 1. The maximum Gasteiger partial charge on any atom is 0.331 e. The molecule has 3 atom stereocenters. The van der Waals surface area contributed by atoms with Crippen molar-refractivity contribution in [3.05, 3.63) is 0 Å². The number of alkyl halides is 1. The van der Waals surface area contributed by atoms with Crippen molar-refractivity contribution in [2.75, 3.05) is 6.61 Å². The largest absolute Gasteiger partial charge is 0.464 e. The standard InChI is InChI=1S/C24H46FNO4/c1-4-7-8-9-10-11-12-13-14-15-16-17-19-20(25)23(28)22(24(29)30-6-3)26-21(27)18-5-2/h20,22-23,28H,4-19H2,1-3H3,(H,26,27)/t20-,22+,23+/m1/s1. The predicted molar refractivity (Wildman–Crippen MR) is 120 cm³/mol. The molecular weight excluding hydrogens is 385 g/mol. The van der Waals surface area contributed by atoms with Crippen molar-refractivity contribution in [2.24, 2.45) is 0 Å². The van der Waals surface area contributed by atoms with E-state index in [0.29, 0.717) is 12.8 Å². The van der Waals surface area contributed by atoms with Crippen LogP contribution in [0.25, 0.3) is 0 Å². The molecule has 0 bridgehead atoms. The lowest BCUT2D eigenvalue weighted by Gasteiger charge is -2.25. The van der Waals surface area contributed by atoms with Gasteiger partial charge in [-0.15, -0.1) is 0 Å². The summed E-state index contributed by atoms with van der Waals surface area (Å²) in [6, 6.07) is -1.35. The number of carbonyl (C=O) groups excluding carboxylic acids is 2. The highest BCUT2D eigenvalue weighted by atomic mass is 19.1. The van der Waals surface area contributed by atoms with Crippen molar-refractivity contribution >= 4 is 11.9 Å². The minimum absolute atomic E-state index is 0.112. The Bertz CT molecular complexity index is 433. The van der Waals surface area contributed by atoms with Crippen LogP contribution in [0.15, 0.2) is 0 Å². The zero-order chi connectivity index (χ0) is 22.6. The average molecular weight is 432 g/mol. The molecule has 1 amide bonds.